The first kappa shape index (κ1) is 16.7. The van der Waals surface area contributed by atoms with Crippen LogP contribution < -0.4 is 10.6 Å². The summed E-state index contributed by atoms with van der Waals surface area (Å²) in [7, 11) is 3.79. The van der Waals surface area contributed by atoms with E-state index in [0.29, 0.717) is 0 Å². The average Bonchev–Trinajstić information content (AvgIpc) is 2.55. The molecular weight excluding hydrogens is 302 g/mol. The lowest BCUT2D eigenvalue weighted by molar-refractivity contribution is 0.112. The highest BCUT2D eigenvalue weighted by atomic mass is 33.1. The summed E-state index contributed by atoms with van der Waals surface area (Å²) in [5.41, 5.74) is 7.43. The van der Waals surface area contributed by atoms with Gasteiger partial charge < -0.3 is 10.6 Å². The largest absolute Gasteiger partial charge is 0.369 e. The van der Waals surface area contributed by atoms with Gasteiger partial charge in [0.15, 0.2) is 0 Å². The lowest BCUT2D eigenvalue weighted by atomic mass is 10.2. The van der Waals surface area contributed by atoms with Crippen LogP contribution in [0, 0.1) is 0 Å². The van der Waals surface area contributed by atoms with Gasteiger partial charge in [0.1, 0.15) is 6.29 Å². The van der Waals surface area contributed by atoms with E-state index in [9.17, 15) is 4.79 Å². The number of aldehydes is 1. The Morgan fingerprint density at radius 3 is 2.33 bits per heavy atom. The number of carbonyl (C=O) groups is 1. The van der Waals surface area contributed by atoms with Crippen LogP contribution in [0.15, 0.2) is 24.3 Å². The fraction of sp³-hybridized carbons (Fsp3) is 0.533. The van der Waals surface area contributed by atoms with Gasteiger partial charge in [-0.05, 0) is 24.3 Å². The number of carbonyl (C=O) groups excluding carboxylic acids is 1. The van der Waals surface area contributed by atoms with E-state index < -0.39 is 0 Å². The van der Waals surface area contributed by atoms with Crippen molar-refractivity contribution in [2.45, 2.75) is 0 Å². The molecule has 1 saturated heterocycles. The van der Waals surface area contributed by atoms with Crippen molar-refractivity contribution in [2.75, 3.05) is 55.7 Å². The van der Waals surface area contributed by atoms with Crippen molar-refractivity contribution in [3.05, 3.63) is 29.8 Å². The number of hydrogen-bond acceptors (Lipinski definition) is 6. The summed E-state index contributed by atoms with van der Waals surface area (Å²) in [4.78, 5) is 15.6. The molecule has 1 aromatic rings. The van der Waals surface area contributed by atoms with Crippen LogP contribution in [0.1, 0.15) is 10.4 Å². The zero-order valence-electron chi connectivity index (χ0n) is 12.2. The molecule has 0 bridgehead atoms. The third-order valence-electron chi connectivity index (χ3n) is 3.54. The molecule has 1 aromatic carbocycles. The molecule has 1 aliphatic heterocycles. The summed E-state index contributed by atoms with van der Waals surface area (Å²) >= 11 is 0. The van der Waals surface area contributed by atoms with Crippen LogP contribution in [0.25, 0.3) is 0 Å². The van der Waals surface area contributed by atoms with Gasteiger partial charge in [-0.2, -0.15) is 0 Å². The molecule has 0 aromatic heterocycles. The minimum Gasteiger partial charge on any atom is -0.369 e. The fourth-order valence-corrected chi connectivity index (χ4v) is 4.21. The Kier molecular flexibility index (Phi) is 7.43. The molecule has 4 nitrogen and oxygen atoms in total. The Hall–Kier alpha value is -0.690. The number of benzene rings is 1. The Labute approximate surface area is 134 Å². The van der Waals surface area contributed by atoms with Crippen LogP contribution in [-0.2, 0) is 0 Å². The second kappa shape index (κ2) is 9.35. The second-order valence-corrected chi connectivity index (χ2v) is 7.67. The van der Waals surface area contributed by atoms with Crippen molar-refractivity contribution in [2.24, 2.45) is 5.73 Å². The van der Waals surface area contributed by atoms with E-state index in [1.54, 1.807) is 0 Å². The topological polar surface area (TPSA) is 49.6 Å². The lowest BCUT2D eigenvalue weighted by Gasteiger charge is -2.36. The maximum atomic E-state index is 10.7. The third kappa shape index (κ3) is 5.54. The van der Waals surface area contributed by atoms with Crippen molar-refractivity contribution in [3.63, 3.8) is 0 Å². The molecule has 116 valence electrons. The Balaban J connectivity index is 1.68. The Morgan fingerprint density at radius 1 is 1.05 bits per heavy atom. The minimum absolute atomic E-state index is 0.740. The third-order valence-corrected chi connectivity index (χ3v) is 5.96. The number of nitrogens with two attached hydrogens (primary N) is 1. The van der Waals surface area contributed by atoms with Gasteiger partial charge in [-0.25, -0.2) is 0 Å². The van der Waals surface area contributed by atoms with Crippen molar-refractivity contribution >= 4 is 33.6 Å². The van der Waals surface area contributed by atoms with Crippen LogP contribution >= 0.6 is 21.6 Å². The average molecular weight is 326 g/mol. The molecule has 0 atom stereocenters. The van der Waals surface area contributed by atoms with E-state index >= 15 is 0 Å². The molecule has 0 spiro atoms. The smallest absolute Gasteiger partial charge is 0.150 e. The molecule has 6 heteroatoms. The van der Waals surface area contributed by atoms with Crippen LogP contribution in [0.5, 0.6) is 0 Å². The zero-order valence-corrected chi connectivity index (χ0v) is 13.9. The molecule has 0 saturated carbocycles. The standard InChI is InChI=1S/C15H23N3OS2/c16-5-11-20-21-12-10-17-6-8-18(9-7-17)15-3-1-14(13-19)2-4-15/h1-4,13H,5-12,16H2. The first-order valence-corrected chi connectivity index (χ1v) is 9.79. The first-order chi connectivity index (χ1) is 10.3. The second-order valence-electron chi connectivity index (χ2n) is 4.97. The van der Waals surface area contributed by atoms with Crippen LogP contribution in [0.4, 0.5) is 5.69 Å². The normalized spacial score (nSPS) is 16.1. The highest BCUT2D eigenvalue weighted by Crippen LogP contribution is 2.21. The molecule has 0 unspecified atom stereocenters. The van der Waals surface area contributed by atoms with Gasteiger partial charge in [0.05, 0.1) is 0 Å². The maximum Gasteiger partial charge on any atom is 0.150 e. The van der Waals surface area contributed by atoms with Gasteiger partial charge in [0.2, 0.25) is 0 Å². The highest BCUT2D eigenvalue weighted by molar-refractivity contribution is 8.76. The molecule has 0 radical (unpaired) electrons. The molecule has 1 heterocycles. The summed E-state index contributed by atoms with van der Waals surface area (Å²) < 4.78 is 0. The molecule has 1 aliphatic rings. The number of hydrogen-bond donors (Lipinski definition) is 1. The molecule has 2 N–H and O–H groups in total. The minimum atomic E-state index is 0.740. The summed E-state index contributed by atoms with van der Waals surface area (Å²) in [5.74, 6) is 2.20. The molecule has 21 heavy (non-hydrogen) atoms. The monoisotopic (exact) mass is 325 g/mol. The Morgan fingerprint density at radius 2 is 1.71 bits per heavy atom. The summed E-state index contributed by atoms with van der Waals surface area (Å²) in [6.07, 6.45) is 0.891. The lowest BCUT2D eigenvalue weighted by Crippen LogP contribution is -2.47. The van der Waals surface area contributed by atoms with E-state index in [1.165, 1.54) is 11.4 Å². The fourth-order valence-electron chi connectivity index (χ4n) is 2.33. The predicted molar refractivity (Wildman–Crippen MR) is 94.5 cm³/mol. The summed E-state index contributed by atoms with van der Waals surface area (Å²) in [6.45, 7) is 6.25. The van der Waals surface area contributed by atoms with E-state index in [-0.39, 0.29) is 0 Å². The van der Waals surface area contributed by atoms with Gasteiger partial charge >= 0.3 is 0 Å². The number of rotatable bonds is 8. The summed E-state index contributed by atoms with van der Waals surface area (Å²) in [5, 5.41) is 0. The molecule has 0 amide bonds. The van der Waals surface area contributed by atoms with Gasteiger partial charge in [0.25, 0.3) is 0 Å². The van der Waals surface area contributed by atoms with Crippen molar-refractivity contribution < 1.29 is 4.79 Å². The number of anilines is 1. The van der Waals surface area contributed by atoms with Gasteiger partial charge in [-0.3, -0.25) is 9.69 Å². The van der Waals surface area contributed by atoms with Crippen LogP contribution in [0.3, 0.4) is 0 Å². The predicted octanol–water partition coefficient (Wildman–Crippen LogP) is 1.96. The molecule has 0 aliphatic carbocycles. The van der Waals surface area contributed by atoms with E-state index in [0.717, 1.165) is 56.9 Å². The van der Waals surface area contributed by atoms with E-state index in [4.69, 9.17) is 5.73 Å². The van der Waals surface area contributed by atoms with Crippen molar-refractivity contribution in [1.29, 1.82) is 0 Å². The van der Waals surface area contributed by atoms with E-state index in [2.05, 4.69) is 9.80 Å². The SMILES string of the molecule is NCCSSCCN1CCN(c2ccc(C=O)cc2)CC1. The number of piperazine rings is 1. The molecule has 1 fully saturated rings. The van der Waals surface area contributed by atoms with Gasteiger partial charge in [-0.1, -0.05) is 21.6 Å². The zero-order chi connectivity index (χ0) is 14.9. The molecular formula is C15H23N3OS2. The Bertz CT molecular complexity index is 419. The molecule has 2 rings (SSSR count). The quantitative estimate of drug-likeness (QED) is 0.448. The number of nitrogens with zero attached hydrogens (tertiary/aromatic N) is 2. The summed E-state index contributed by atoms with van der Waals surface area (Å²) in [6, 6.07) is 7.86. The van der Waals surface area contributed by atoms with Crippen molar-refractivity contribution in [1.82, 2.24) is 4.90 Å². The first-order valence-electron chi connectivity index (χ1n) is 7.30. The highest BCUT2D eigenvalue weighted by Gasteiger charge is 2.16. The van der Waals surface area contributed by atoms with Gasteiger partial charge in [0, 0.05) is 62.0 Å². The van der Waals surface area contributed by atoms with Crippen LogP contribution in [-0.4, -0.2) is 62.0 Å². The maximum absolute atomic E-state index is 10.7. The van der Waals surface area contributed by atoms with E-state index in [1.807, 2.05) is 45.9 Å². The van der Waals surface area contributed by atoms with Crippen LogP contribution in [0.2, 0.25) is 0 Å². The van der Waals surface area contributed by atoms with Crippen molar-refractivity contribution in [3.8, 4) is 0 Å². The van der Waals surface area contributed by atoms with Gasteiger partial charge in [-0.15, -0.1) is 0 Å².